The fraction of sp³-hybridized carbons (Fsp3) is 0.263. The minimum Gasteiger partial charge on any atom is -0.452 e. The van der Waals surface area contributed by atoms with Crippen LogP contribution in [-0.4, -0.2) is 51.0 Å². The molecule has 0 amide bonds. The van der Waals surface area contributed by atoms with E-state index in [1.807, 2.05) is 0 Å². The molecule has 0 spiro atoms. The number of aliphatic hydroxyl groups is 2. The van der Waals surface area contributed by atoms with Crippen LogP contribution in [0.3, 0.4) is 0 Å². The number of aliphatic hydroxyl groups excluding tert-OH is 2. The standard InChI is InChI=1S/C19H15NO8/c21-14-16-19(28-17(14)23,15(22)18(24)27-16)13(10-4-2-1-3-5-10)11-6-8-12(9-7-11)20(25)26/h1-9,13-16,21-22H/t13?,14-,15+,16+,19+/m1/s1. The van der Waals surface area contributed by atoms with E-state index in [0.717, 1.165) is 0 Å². The Bertz CT molecular complexity index is 942. The molecule has 5 atom stereocenters. The molecule has 0 bridgehead atoms. The third-order valence-electron chi connectivity index (χ3n) is 5.17. The van der Waals surface area contributed by atoms with Gasteiger partial charge in [0.1, 0.15) is 0 Å². The Labute approximate surface area is 158 Å². The third kappa shape index (κ3) is 2.48. The molecular formula is C19H15NO8. The first-order chi connectivity index (χ1) is 13.4. The zero-order valence-electron chi connectivity index (χ0n) is 14.3. The molecular weight excluding hydrogens is 370 g/mol. The molecule has 2 saturated heterocycles. The van der Waals surface area contributed by atoms with Crippen LogP contribution >= 0.6 is 0 Å². The summed E-state index contributed by atoms with van der Waals surface area (Å²) in [4.78, 5) is 34.6. The van der Waals surface area contributed by atoms with Gasteiger partial charge in [-0.15, -0.1) is 0 Å². The highest BCUT2D eigenvalue weighted by molar-refractivity contribution is 5.87. The summed E-state index contributed by atoms with van der Waals surface area (Å²) in [6, 6.07) is 14.0. The fourth-order valence-corrected chi connectivity index (χ4v) is 3.93. The van der Waals surface area contributed by atoms with Gasteiger partial charge in [0, 0.05) is 12.1 Å². The monoisotopic (exact) mass is 385 g/mol. The second-order valence-electron chi connectivity index (χ2n) is 6.67. The number of benzene rings is 2. The van der Waals surface area contributed by atoms with E-state index in [4.69, 9.17) is 9.47 Å². The van der Waals surface area contributed by atoms with E-state index in [9.17, 15) is 29.9 Å². The van der Waals surface area contributed by atoms with Crippen molar-refractivity contribution in [2.75, 3.05) is 0 Å². The molecule has 2 fully saturated rings. The van der Waals surface area contributed by atoms with E-state index in [2.05, 4.69) is 0 Å². The Morgan fingerprint density at radius 3 is 2.18 bits per heavy atom. The summed E-state index contributed by atoms with van der Waals surface area (Å²) in [6.07, 6.45) is -4.99. The summed E-state index contributed by atoms with van der Waals surface area (Å²) in [6.45, 7) is 0. The Hall–Kier alpha value is -3.30. The van der Waals surface area contributed by atoms with Gasteiger partial charge in [-0.05, 0) is 11.1 Å². The SMILES string of the molecule is O=C1O[C@@]2(C(c3ccccc3)c3ccc([N+](=O)[O-])cc3)[C@@H](O)C(=O)O[C@H]2[C@H]1O. The van der Waals surface area contributed by atoms with Crippen molar-refractivity contribution in [3.8, 4) is 0 Å². The molecule has 0 aromatic heterocycles. The molecule has 2 aromatic carbocycles. The second kappa shape index (κ2) is 6.39. The zero-order chi connectivity index (χ0) is 20.1. The summed E-state index contributed by atoms with van der Waals surface area (Å²) < 4.78 is 10.5. The number of carbonyl (C=O) groups is 2. The van der Waals surface area contributed by atoms with E-state index in [0.29, 0.717) is 11.1 Å². The molecule has 9 nitrogen and oxygen atoms in total. The van der Waals surface area contributed by atoms with E-state index in [1.54, 1.807) is 30.3 Å². The van der Waals surface area contributed by atoms with Crippen LogP contribution in [0.2, 0.25) is 0 Å². The number of nitro groups is 1. The molecule has 9 heteroatoms. The highest BCUT2D eigenvalue weighted by Gasteiger charge is 2.72. The lowest BCUT2D eigenvalue weighted by molar-refractivity contribution is -0.384. The molecule has 0 radical (unpaired) electrons. The van der Waals surface area contributed by atoms with Crippen molar-refractivity contribution in [2.45, 2.75) is 29.8 Å². The Kier molecular flexibility index (Phi) is 4.13. The quantitative estimate of drug-likeness (QED) is 0.445. The van der Waals surface area contributed by atoms with Gasteiger partial charge >= 0.3 is 11.9 Å². The number of carbonyl (C=O) groups excluding carboxylic acids is 2. The first kappa shape index (κ1) is 18.1. The van der Waals surface area contributed by atoms with Crippen LogP contribution in [0.1, 0.15) is 17.0 Å². The minimum atomic E-state index is -1.90. The largest absolute Gasteiger partial charge is 0.452 e. The van der Waals surface area contributed by atoms with Crippen LogP contribution in [0, 0.1) is 10.1 Å². The van der Waals surface area contributed by atoms with Gasteiger partial charge in [-0.3, -0.25) is 10.1 Å². The lowest BCUT2D eigenvalue weighted by Crippen LogP contribution is -2.52. The van der Waals surface area contributed by atoms with Gasteiger partial charge in [0.15, 0.2) is 23.9 Å². The van der Waals surface area contributed by atoms with Gasteiger partial charge in [-0.1, -0.05) is 42.5 Å². The molecule has 2 aliphatic rings. The van der Waals surface area contributed by atoms with Crippen molar-refractivity contribution >= 4 is 17.6 Å². The van der Waals surface area contributed by atoms with Crippen LogP contribution in [0.4, 0.5) is 5.69 Å². The molecule has 2 aromatic rings. The average Bonchev–Trinajstić information content (AvgIpc) is 3.08. The number of fused-ring (bicyclic) bond motifs is 1. The summed E-state index contributed by atoms with van der Waals surface area (Å²) >= 11 is 0. The summed E-state index contributed by atoms with van der Waals surface area (Å²) in [5.74, 6) is -2.94. The van der Waals surface area contributed by atoms with Crippen molar-refractivity contribution in [2.24, 2.45) is 0 Å². The Balaban J connectivity index is 1.92. The number of nitro benzene ring substituents is 1. The molecule has 28 heavy (non-hydrogen) atoms. The highest BCUT2D eigenvalue weighted by atomic mass is 16.7. The molecule has 2 aliphatic heterocycles. The van der Waals surface area contributed by atoms with Gasteiger partial charge in [0.2, 0.25) is 0 Å². The summed E-state index contributed by atoms with van der Waals surface area (Å²) in [7, 11) is 0. The first-order valence-electron chi connectivity index (χ1n) is 8.45. The maximum atomic E-state index is 12.1. The third-order valence-corrected chi connectivity index (χ3v) is 5.17. The number of hydrogen-bond donors (Lipinski definition) is 2. The summed E-state index contributed by atoms with van der Waals surface area (Å²) in [5, 5.41) is 31.8. The van der Waals surface area contributed by atoms with Crippen LogP contribution in [0.25, 0.3) is 0 Å². The lowest BCUT2D eigenvalue weighted by atomic mass is 9.72. The lowest BCUT2D eigenvalue weighted by Gasteiger charge is -2.36. The maximum absolute atomic E-state index is 12.1. The van der Waals surface area contributed by atoms with Gasteiger partial charge in [-0.2, -0.15) is 0 Å². The number of ether oxygens (including phenoxy) is 2. The predicted molar refractivity (Wildman–Crippen MR) is 92.1 cm³/mol. The number of rotatable bonds is 4. The van der Waals surface area contributed by atoms with E-state index >= 15 is 0 Å². The first-order valence-corrected chi connectivity index (χ1v) is 8.45. The van der Waals surface area contributed by atoms with Crippen molar-refractivity contribution in [1.29, 1.82) is 0 Å². The van der Waals surface area contributed by atoms with Gasteiger partial charge < -0.3 is 19.7 Å². The minimum absolute atomic E-state index is 0.146. The zero-order valence-corrected chi connectivity index (χ0v) is 14.3. The second-order valence-corrected chi connectivity index (χ2v) is 6.67. The van der Waals surface area contributed by atoms with Crippen molar-refractivity contribution in [3.63, 3.8) is 0 Å². The van der Waals surface area contributed by atoms with Gasteiger partial charge in [0.25, 0.3) is 5.69 Å². The van der Waals surface area contributed by atoms with E-state index in [1.165, 1.54) is 24.3 Å². The van der Waals surface area contributed by atoms with Crippen molar-refractivity contribution in [1.82, 2.24) is 0 Å². The fourth-order valence-electron chi connectivity index (χ4n) is 3.93. The average molecular weight is 385 g/mol. The number of esters is 2. The highest BCUT2D eigenvalue weighted by Crippen LogP contribution is 2.51. The van der Waals surface area contributed by atoms with Crippen LogP contribution in [0.5, 0.6) is 0 Å². The number of non-ortho nitro benzene ring substituents is 1. The normalized spacial score (nSPS) is 29.7. The predicted octanol–water partition coefficient (Wildman–Crippen LogP) is 0.669. The van der Waals surface area contributed by atoms with Gasteiger partial charge in [-0.25, -0.2) is 9.59 Å². The van der Waals surface area contributed by atoms with E-state index < -0.39 is 46.7 Å². The Morgan fingerprint density at radius 2 is 1.57 bits per heavy atom. The number of hydrogen-bond acceptors (Lipinski definition) is 8. The van der Waals surface area contributed by atoms with Gasteiger partial charge in [0.05, 0.1) is 10.8 Å². The molecule has 2 heterocycles. The molecule has 0 aliphatic carbocycles. The van der Waals surface area contributed by atoms with Crippen molar-refractivity contribution in [3.05, 3.63) is 75.8 Å². The maximum Gasteiger partial charge on any atom is 0.339 e. The molecule has 0 saturated carbocycles. The van der Waals surface area contributed by atoms with E-state index in [-0.39, 0.29) is 5.69 Å². The molecule has 1 unspecified atom stereocenters. The Morgan fingerprint density at radius 1 is 0.964 bits per heavy atom. The molecule has 144 valence electrons. The molecule has 2 N–H and O–H groups in total. The summed E-state index contributed by atoms with van der Waals surface area (Å²) in [5.41, 5.74) is -1.03. The van der Waals surface area contributed by atoms with Crippen LogP contribution < -0.4 is 0 Å². The van der Waals surface area contributed by atoms with Crippen LogP contribution in [0.15, 0.2) is 54.6 Å². The number of nitrogens with zero attached hydrogens (tertiary/aromatic N) is 1. The molecule has 4 rings (SSSR count). The van der Waals surface area contributed by atoms with Crippen LogP contribution in [-0.2, 0) is 19.1 Å². The smallest absolute Gasteiger partial charge is 0.339 e. The van der Waals surface area contributed by atoms with Crippen molar-refractivity contribution < 1.29 is 34.2 Å². The topological polar surface area (TPSA) is 136 Å².